The molecule has 9 nitrogen and oxygen atoms in total. The third kappa shape index (κ3) is 4.88. The first-order valence-electron chi connectivity index (χ1n) is 9.57. The van der Waals surface area contributed by atoms with Gasteiger partial charge in [0.15, 0.2) is 0 Å². The van der Waals surface area contributed by atoms with Crippen molar-refractivity contribution >= 4 is 33.0 Å². The molecule has 160 valence electrons. The van der Waals surface area contributed by atoms with E-state index in [1.54, 1.807) is 24.0 Å². The number of sulfonamides is 1. The molecule has 2 aromatic carbocycles. The molecule has 1 amide bonds. The standard InChI is InChI=1S/C20H24N4O5S/c1-14-5-7-17(15(2)11-14)22-30(28,29)16-6-8-18(19(12-16)24(26)27)21-13-20(25)23-9-3-4-10-23/h5-8,11-12,21-22H,3-4,9-10,13H2,1-2H3. The van der Waals surface area contributed by atoms with Crippen LogP contribution in [0.1, 0.15) is 24.0 Å². The molecule has 1 saturated heterocycles. The molecule has 0 aromatic heterocycles. The molecule has 2 aromatic rings. The summed E-state index contributed by atoms with van der Waals surface area (Å²) in [5.74, 6) is -0.144. The normalized spacial score (nSPS) is 13.9. The lowest BCUT2D eigenvalue weighted by molar-refractivity contribution is -0.384. The quantitative estimate of drug-likeness (QED) is 0.512. The number of carbonyl (C=O) groups is 1. The maximum atomic E-state index is 12.8. The minimum absolute atomic E-state index is 0.0895. The molecule has 0 radical (unpaired) electrons. The van der Waals surface area contributed by atoms with Crippen LogP contribution in [-0.2, 0) is 14.8 Å². The highest BCUT2D eigenvalue weighted by atomic mass is 32.2. The van der Waals surface area contributed by atoms with E-state index in [0.29, 0.717) is 18.8 Å². The van der Waals surface area contributed by atoms with E-state index in [4.69, 9.17) is 0 Å². The molecular weight excluding hydrogens is 408 g/mol. The highest BCUT2D eigenvalue weighted by Gasteiger charge is 2.23. The van der Waals surface area contributed by atoms with Crippen LogP contribution in [0.5, 0.6) is 0 Å². The fourth-order valence-corrected chi connectivity index (χ4v) is 4.51. The number of carbonyl (C=O) groups excluding carboxylic acids is 1. The van der Waals surface area contributed by atoms with Gasteiger partial charge in [-0.15, -0.1) is 0 Å². The zero-order valence-corrected chi connectivity index (χ0v) is 17.7. The molecule has 0 bridgehead atoms. The van der Waals surface area contributed by atoms with Crippen molar-refractivity contribution in [3.63, 3.8) is 0 Å². The van der Waals surface area contributed by atoms with E-state index < -0.39 is 20.6 Å². The van der Waals surface area contributed by atoms with Gasteiger partial charge >= 0.3 is 0 Å². The van der Waals surface area contributed by atoms with Crippen LogP contribution >= 0.6 is 0 Å². The number of likely N-dealkylation sites (tertiary alicyclic amines) is 1. The third-order valence-corrected chi connectivity index (χ3v) is 6.35. The zero-order valence-electron chi connectivity index (χ0n) is 16.8. The summed E-state index contributed by atoms with van der Waals surface area (Å²) < 4.78 is 28.0. The summed E-state index contributed by atoms with van der Waals surface area (Å²) in [6.45, 7) is 4.95. The number of nitrogens with one attached hydrogen (secondary N) is 2. The number of aryl methyl sites for hydroxylation is 2. The molecule has 0 atom stereocenters. The smallest absolute Gasteiger partial charge is 0.293 e. The maximum Gasteiger partial charge on any atom is 0.293 e. The Bertz CT molecular complexity index is 1080. The van der Waals surface area contributed by atoms with Crippen molar-refractivity contribution in [3.8, 4) is 0 Å². The summed E-state index contributed by atoms with van der Waals surface area (Å²) in [5, 5.41) is 14.3. The van der Waals surface area contributed by atoms with Gasteiger partial charge in [-0.05, 0) is 50.5 Å². The van der Waals surface area contributed by atoms with Crippen molar-refractivity contribution in [1.82, 2.24) is 4.90 Å². The lowest BCUT2D eigenvalue weighted by atomic mass is 10.1. The SMILES string of the molecule is Cc1ccc(NS(=O)(=O)c2ccc(NCC(=O)N3CCCC3)c([N+](=O)[O-])c2)c(C)c1. The number of nitrogens with zero attached hydrogens (tertiary/aromatic N) is 2. The van der Waals surface area contributed by atoms with Gasteiger partial charge in [-0.25, -0.2) is 8.42 Å². The first-order chi connectivity index (χ1) is 14.2. The first-order valence-corrected chi connectivity index (χ1v) is 11.1. The Labute approximate surface area is 175 Å². The lowest BCUT2D eigenvalue weighted by Crippen LogP contribution is -2.33. The number of hydrogen-bond acceptors (Lipinski definition) is 6. The van der Waals surface area contributed by atoms with E-state index in [1.165, 1.54) is 12.1 Å². The van der Waals surface area contributed by atoms with E-state index >= 15 is 0 Å². The maximum absolute atomic E-state index is 12.8. The van der Waals surface area contributed by atoms with Gasteiger partial charge in [0, 0.05) is 19.2 Å². The number of nitro groups is 1. The van der Waals surface area contributed by atoms with Gasteiger partial charge in [0.1, 0.15) is 5.69 Å². The average Bonchev–Trinajstić information content (AvgIpc) is 3.23. The summed E-state index contributed by atoms with van der Waals surface area (Å²) >= 11 is 0. The van der Waals surface area contributed by atoms with Gasteiger partial charge in [0.05, 0.1) is 22.1 Å². The van der Waals surface area contributed by atoms with E-state index in [0.717, 1.165) is 30.0 Å². The van der Waals surface area contributed by atoms with Crippen molar-refractivity contribution in [2.45, 2.75) is 31.6 Å². The van der Waals surface area contributed by atoms with Crippen LogP contribution in [0.4, 0.5) is 17.1 Å². The molecule has 0 aliphatic carbocycles. The monoisotopic (exact) mass is 432 g/mol. The van der Waals surface area contributed by atoms with Crippen LogP contribution in [-0.4, -0.2) is 43.8 Å². The van der Waals surface area contributed by atoms with Crippen LogP contribution < -0.4 is 10.0 Å². The van der Waals surface area contributed by atoms with Crippen LogP contribution in [0.3, 0.4) is 0 Å². The summed E-state index contributed by atoms with van der Waals surface area (Å²) in [7, 11) is -4.02. The molecule has 3 rings (SSSR count). The molecular formula is C20H24N4O5S. The Morgan fingerprint density at radius 2 is 1.77 bits per heavy atom. The van der Waals surface area contributed by atoms with Gasteiger partial charge < -0.3 is 10.2 Å². The van der Waals surface area contributed by atoms with Gasteiger partial charge in [-0.2, -0.15) is 0 Å². The lowest BCUT2D eigenvalue weighted by Gasteiger charge is -2.16. The van der Waals surface area contributed by atoms with Gasteiger partial charge in [0.2, 0.25) is 5.91 Å². The molecule has 1 aliphatic heterocycles. The van der Waals surface area contributed by atoms with E-state index in [1.807, 2.05) is 13.0 Å². The molecule has 0 unspecified atom stereocenters. The second-order valence-electron chi connectivity index (χ2n) is 7.30. The molecule has 1 aliphatic rings. The molecule has 1 heterocycles. The van der Waals surface area contributed by atoms with Crippen molar-refractivity contribution in [3.05, 3.63) is 57.6 Å². The fourth-order valence-electron chi connectivity index (χ4n) is 3.36. The van der Waals surface area contributed by atoms with Gasteiger partial charge in [0.25, 0.3) is 15.7 Å². The molecule has 0 spiro atoms. The number of rotatable bonds is 7. The molecule has 2 N–H and O–H groups in total. The summed E-state index contributed by atoms with van der Waals surface area (Å²) in [5.41, 5.74) is 1.82. The Kier molecular flexibility index (Phi) is 6.25. The molecule has 0 saturated carbocycles. The Morgan fingerprint density at radius 1 is 1.10 bits per heavy atom. The van der Waals surface area contributed by atoms with Gasteiger partial charge in [-0.1, -0.05) is 17.7 Å². The van der Waals surface area contributed by atoms with Crippen molar-refractivity contribution in [2.24, 2.45) is 0 Å². The van der Waals surface area contributed by atoms with E-state index in [2.05, 4.69) is 10.0 Å². The Morgan fingerprint density at radius 3 is 2.40 bits per heavy atom. The first kappa shape index (κ1) is 21.6. The van der Waals surface area contributed by atoms with Gasteiger partial charge in [-0.3, -0.25) is 19.6 Å². The summed E-state index contributed by atoms with van der Waals surface area (Å²) in [6, 6.07) is 8.85. The summed E-state index contributed by atoms with van der Waals surface area (Å²) in [4.78, 5) is 24.5. The number of amides is 1. The van der Waals surface area contributed by atoms with E-state index in [-0.39, 0.29) is 23.0 Å². The number of nitro benzene ring substituents is 1. The Hall–Kier alpha value is -3.14. The minimum Gasteiger partial charge on any atom is -0.371 e. The largest absolute Gasteiger partial charge is 0.371 e. The van der Waals surface area contributed by atoms with E-state index in [9.17, 15) is 23.3 Å². The van der Waals surface area contributed by atoms with Crippen molar-refractivity contribution in [1.29, 1.82) is 0 Å². The summed E-state index contributed by atoms with van der Waals surface area (Å²) in [6.07, 6.45) is 1.90. The van der Waals surface area contributed by atoms with Crippen molar-refractivity contribution < 1.29 is 18.1 Å². The Balaban J connectivity index is 1.81. The average molecular weight is 433 g/mol. The zero-order chi connectivity index (χ0) is 21.9. The highest BCUT2D eigenvalue weighted by molar-refractivity contribution is 7.92. The predicted octanol–water partition coefficient (Wildman–Crippen LogP) is 3.05. The third-order valence-electron chi connectivity index (χ3n) is 4.99. The molecule has 30 heavy (non-hydrogen) atoms. The second kappa shape index (κ2) is 8.70. The second-order valence-corrected chi connectivity index (χ2v) is 8.98. The number of hydrogen-bond donors (Lipinski definition) is 2. The predicted molar refractivity (Wildman–Crippen MR) is 114 cm³/mol. The number of benzene rings is 2. The minimum atomic E-state index is -4.02. The fraction of sp³-hybridized carbons (Fsp3) is 0.350. The molecule has 10 heteroatoms. The topological polar surface area (TPSA) is 122 Å². The number of anilines is 2. The van der Waals surface area contributed by atoms with Crippen LogP contribution in [0.15, 0.2) is 41.3 Å². The van der Waals surface area contributed by atoms with Crippen LogP contribution in [0.2, 0.25) is 0 Å². The molecule has 1 fully saturated rings. The van der Waals surface area contributed by atoms with Crippen LogP contribution in [0, 0.1) is 24.0 Å². The van der Waals surface area contributed by atoms with Crippen molar-refractivity contribution in [2.75, 3.05) is 29.7 Å². The van der Waals surface area contributed by atoms with Crippen LogP contribution in [0.25, 0.3) is 0 Å². The highest BCUT2D eigenvalue weighted by Crippen LogP contribution is 2.29.